The van der Waals surface area contributed by atoms with E-state index < -0.39 is 10.1 Å². The highest BCUT2D eigenvalue weighted by Crippen LogP contribution is 2.36. The highest BCUT2D eigenvalue weighted by Gasteiger charge is 2.45. The first-order chi connectivity index (χ1) is 13.9. The monoisotopic (exact) mass is 414 g/mol. The second-order valence-electron chi connectivity index (χ2n) is 7.41. The van der Waals surface area contributed by atoms with Crippen LogP contribution >= 0.6 is 0 Å². The van der Waals surface area contributed by atoms with Crippen molar-refractivity contribution in [3.63, 3.8) is 0 Å². The van der Waals surface area contributed by atoms with Gasteiger partial charge in [0.25, 0.3) is 0 Å². The zero-order valence-corrected chi connectivity index (χ0v) is 16.8. The number of aryl methyl sites for hydroxylation is 1. The number of nitrogens with zero attached hydrogens (tertiary/aromatic N) is 2. The first kappa shape index (κ1) is 19.4. The van der Waals surface area contributed by atoms with E-state index in [2.05, 4.69) is 5.16 Å². The first-order valence-electron chi connectivity index (χ1n) is 9.47. The number of hydrogen-bond acceptors (Lipinski definition) is 6. The molecular formula is C21H22N2O5S. The summed E-state index contributed by atoms with van der Waals surface area (Å²) in [7, 11) is -3.94. The smallest absolute Gasteiger partial charge is 0.410 e. The van der Waals surface area contributed by atoms with Crippen LogP contribution in [-0.4, -0.2) is 37.7 Å². The number of piperidine rings is 1. The number of rotatable bonds is 5. The SMILES string of the molecule is Cc1ccc(S(=O)(=O)ON=C2CC3CC2CN3C(=O)OCc2ccccc2)cc1. The molecule has 2 bridgehead atoms. The lowest BCUT2D eigenvalue weighted by atomic mass is 10.1. The van der Waals surface area contributed by atoms with Crippen LogP contribution in [0.3, 0.4) is 0 Å². The Balaban J connectivity index is 1.34. The van der Waals surface area contributed by atoms with Crippen LogP contribution in [0.4, 0.5) is 4.79 Å². The van der Waals surface area contributed by atoms with E-state index in [0.717, 1.165) is 17.5 Å². The van der Waals surface area contributed by atoms with Gasteiger partial charge in [-0.1, -0.05) is 53.2 Å². The Labute approximate surface area is 170 Å². The van der Waals surface area contributed by atoms with E-state index in [1.807, 2.05) is 37.3 Å². The third-order valence-corrected chi connectivity index (χ3v) is 6.45. The molecule has 1 saturated heterocycles. The Hall–Kier alpha value is -2.87. The summed E-state index contributed by atoms with van der Waals surface area (Å²) in [4.78, 5) is 14.1. The maximum atomic E-state index is 12.4. The number of likely N-dealkylation sites (tertiary alicyclic amines) is 1. The largest absolute Gasteiger partial charge is 0.445 e. The van der Waals surface area contributed by atoms with Gasteiger partial charge in [0.15, 0.2) is 0 Å². The minimum Gasteiger partial charge on any atom is -0.445 e. The summed E-state index contributed by atoms with van der Waals surface area (Å²) in [5.74, 6) is -0.00232. The molecule has 1 heterocycles. The van der Waals surface area contributed by atoms with Crippen molar-refractivity contribution >= 4 is 21.9 Å². The van der Waals surface area contributed by atoms with Gasteiger partial charge in [-0.05, 0) is 31.0 Å². The molecule has 4 rings (SSSR count). The third kappa shape index (κ3) is 4.27. The van der Waals surface area contributed by atoms with Crippen LogP contribution in [0.5, 0.6) is 0 Å². The number of amides is 1. The van der Waals surface area contributed by atoms with Gasteiger partial charge in [-0.2, -0.15) is 8.42 Å². The third-order valence-electron chi connectivity index (χ3n) is 5.33. The van der Waals surface area contributed by atoms with E-state index in [1.54, 1.807) is 17.0 Å². The molecule has 8 heteroatoms. The second-order valence-corrected chi connectivity index (χ2v) is 8.94. The van der Waals surface area contributed by atoms with Gasteiger partial charge in [0.1, 0.15) is 11.5 Å². The molecule has 1 aliphatic heterocycles. The molecule has 0 spiro atoms. The minimum atomic E-state index is -3.94. The number of benzene rings is 2. The van der Waals surface area contributed by atoms with E-state index in [0.29, 0.717) is 18.7 Å². The maximum absolute atomic E-state index is 12.4. The zero-order chi connectivity index (χ0) is 20.4. The second kappa shape index (κ2) is 7.87. The van der Waals surface area contributed by atoms with Crippen LogP contribution in [0.1, 0.15) is 24.0 Å². The zero-order valence-electron chi connectivity index (χ0n) is 16.0. The van der Waals surface area contributed by atoms with Crippen LogP contribution in [0.15, 0.2) is 64.6 Å². The number of oxime groups is 1. The highest BCUT2D eigenvalue weighted by atomic mass is 32.2. The van der Waals surface area contributed by atoms with Crippen LogP contribution in [-0.2, 0) is 25.7 Å². The molecule has 2 aromatic rings. The van der Waals surface area contributed by atoms with Gasteiger partial charge in [0.05, 0.1) is 5.71 Å². The van der Waals surface area contributed by atoms with E-state index in [4.69, 9.17) is 9.02 Å². The molecule has 1 saturated carbocycles. The predicted octanol–water partition coefficient (Wildman–Crippen LogP) is 3.49. The van der Waals surface area contributed by atoms with Gasteiger partial charge in [0.2, 0.25) is 0 Å². The van der Waals surface area contributed by atoms with Crippen molar-refractivity contribution in [2.24, 2.45) is 11.1 Å². The summed E-state index contributed by atoms with van der Waals surface area (Å²) in [5, 5.41) is 3.91. The highest BCUT2D eigenvalue weighted by molar-refractivity contribution is 7.86. The normalized spacial score (nSPS) is 22.1. The van der Waals surface area contributed by atoms with Crippen LogP contribution < -0.4 is 0 Å². The topological polar surface area (TPSA) is 85.3 Å². The van der Waals surface area contributed by atoms with Crippen molar-refractivity contribution < 1.29 is 22.2 Å². The molecule has 2 aromatic carbocycles. The van der Waals surface area contributed by atoms with E-state index in [-0.39, 0.29) is 29.6 Å². The molecule has 1 aliphatic carbocycles. The Morgan fingerprint density at radius 3 is 2.52 bits per heavy atom. The number of carbonyl (C=O) groups is 1. The van der Waals surface area contributed by atoms with Gasteiger partial charge in [-0.15, -0.1) is 0 Å². The number of ether oxygens (including phenoxy) is 1. The van der Waals surface area contributed by atoms with Gasteiger partial charge < -0.3 is 9.64 Å². The Kier molecular flexibility index (Phi) is 5.27. The first-order valence-corrected chi connectivity index (χ1v) is 10.9. The van der Waals surface area contributed by atoms with Crippen molar-refractivity contribution in [2.75, 3.05) is 6.54 Å². The molecule has 1 amide bonds. The summed E-state index contributed by atoms with van der Waals surface area (Å²) < 4.78 is 34.9. The fraction of sp³-hybridized carbons (Fsp3) is 0.333. The summed E-state index contributed by atoms with van der Waals surface area (Å²) in [6.07, 6.45) is 0.885. The molecule has 2 unspecified atom stereocenters. The summed E-state index contributed by atoms with van der Waals surface area (Å²) >= 11 is 0. The molecule has 29 heavy (non-hydrogen) atoms. The average Bonchev–Trinajstić information content (AvgIpc) is 3.32. The lowest BCUT2D eigenvalue weighted by Crippen LogP contribution is -2.40. The summed E-state index contributed by atoms with van der Waals surface area (Å²) in [6, 6.07) is 15.9. The van der Waals surface area contributed by atoms with Crippen molar-refractivity contribution in [3.8, 4) is 0 Å². The predicted molar refractivity (Wildman–Crippen MR) is 107 cm³/mol. The van der Waals surface area contributed by atoms with Gasteiger partial charge >= 0.3 is 16.2 Å². The van der Waals surface area contributed by atoms with Crippen molar-refractivity contribution in [1.29, 1.82) is 0 Å². The fourth-order valence-electron chi connectivity index (χ4n) is 3.74. The molecular weight excluding hydrogens is 392 g/mol. The lowest BCUT2D eigenvalue weighted by Gasteiger charge is -2.26. The van der Waals surface area contributed by atoms with Crippen molar-refractivity contribution in [1.82, 2.24) is 4.90 Å². The van der Waals surface area contributed by atoms with Crippen molar-refractivity contribution in [3.05, 3.63) is 65.7 Å². The fourth-order valence-corrected chi connectivity index (χ4v) is 4.49. The summed E-state index contributed by atoms with van der Waals surface area (Å²) in [6.45, 7) is 2.57. The molecule has 0 aromatic heterocycles. The molecule has 2 aliphatic rings. The van der Waals surface area contributed by atoms with Gasteiger partial charge in [-0.25, -0.2) is 4.79 Å². The average molecular weight is 414 g/mol. The molecule has 7 nitrogen and oxygen atoms in total. The molecule has 0 radical (unpaired) electrons. The molecule has 152 valence electrons. The van der Waals surface area contributed by atoms with E-state index in [1.165, 1.54) is 12.1 Å². The number of hydrogen-bond donors (Lipinski definition) is 0. The molecule has 2 fully saturated rings. The van der Waals surface area contributed by atoms with Gasteiger partial charge in [-0.3, -0.25) is 4.28 Å². The van der Waals surface area contributed by atoms with Crippen LogP contribution in [0.25, 0.3) is 0 Å². The van der Waals surface area contributed by atoms with Gasteiger partial charge in [0, 0.05) is 24.9 Å². The van der Waals surface area contributed by atoms with E-state index >= 15 is 0 Å². The lowest BCUT2D eigenvalue weighted by molar-refractivity contribution is 0.0909. The number of fused-ring (bicyclic) bond motifs is 2. The van der Waals surface area contributed by atoms with Crippen LogP contribution in [0, 0.1) is 12.8 Å². The molecule has 0 N–H and O–H groups in total. The van der Waals surface area contributed by atoms with E-state index in [9.17, 15) is 13.2 Å². The quantitative estimate of drug-likeness (QED) is 0.699. The molecule has 2 atom stereocenters. The standard InChI is InChI=1S/C21H22N2O5S/c1-15-7-9-19(10-8-15)29(25,26)28-22-20-12-18-11-17(20)13-23(18)21(24)27-14-16-5-3-2-4-6-16/h2-10,17-18H,11-14H2,1H3. The van der Waals surface area contributed by atoms with Crippen molar-refractivity contribution in [2.45, 2.75) is 37.3 Å². The number of carbonyl (C=O) groups excluding carboxylic acids is 1. The minimum absolute atomic E-state index is 0.00232. The Morgan fingerprint density at radius 2 is 1.86 bits per heavy atom. The maximum Gasteiger partial charge on any atom is 0.410 e. The Morgan fingerprint density at radius 1 is 1.14 bits per heavy atom. The van der Waals surface area contributed by atoms with Crippen LogP contribution in [0.2, 0.25) is 0 Å². The Bertz CT molecular complexity index is 1020. The summed E-state index contributed by atoms with van der Waals surface area (Å²) in [5.41, 5.74) is 2.57.